The molecule has 0 bridgehead atoms. The van der Waals surface area contributed by atoms with Gasteiger partial charge in [-0.15, -0.1) is 5.10 Å². The minimum absolute atomic E-state index is 0.110. The average molecular weight is 518 g/mol. The van der Waals surface area contributed by atoms with E-state index in [0.717, 1.165) is 69.4 Å². The van der Waals surface area contributed by atoms with E-state index in [1.165, 1.54) is 0 Å². The molecule has 1 fully saturated rings. The van der Waals surface area contributed by atoms with Crippen molar-refractivity contribution in [2.75, 3.05) is 35.6 Å². The molecular weight excluding hydrogens is 486 g/mol. The number of ether oxygens (including phenoxy) is 1. The van der Waals surface area contributed by atoms with E-state index >= 15 is 0 Å². The summed E-state index contributed by atoms with van der Waals surface area (Å²) in [7, 11) is 0. The number of fused-ring (bicyclic) bond motifs is 2. The second-order valence-electron chi connectivity index (χ2n) is 9.45. The van der Waals surface area contributed by atoms with Crippen molar-refractivity contribution in [3.63, 3.8) is 0 Å². The second kappa shape index (κ2) is 9.64. The molecule has 11 heteroatoms. The predicted molar refractivity (Wildman–Crippen MR) is 148 cm³/mol. The molecule has 5 aromatic rings. The molecule has 37 heavy (non-hydrogen) atoms. The van der Waals surface area contributed by atoms with Gasteiger partial charge in [0.2, 0.25) is 5.95 Å². The number of nitrogens with zero attached hydrogens (tertiary/aromatic N) is 7. The summed E-state index contributed by atoms with van der Waals surface area (Å²) < 4.78 is 10.6. The van der Waals surface area contributed by atoms with E-state index in [-0.39, 0.29) is 12.3 Å². The molecule has 5 heterocycles. The van der Waals surface area contributed by atoms with Gasteiger partial charge in [-0.3, -0.25) is 0 Å². The van der Waals surface area contributed by atoms with Gasteiger partial charge in [0.25, 0.3) is 0 Å². The maximum absolute atomic E-state index is 5.94. The van der Waals surface area contributed by atoms with Gasteiger partial charge in [0.05, 0.1) is 16.4 Å². The number of benzene rings is 1. The molecule has 2 unspecified atom stereocenters. The molecule has 0 saturated carbocycles. The fourth-order valence-electron chi connectivity index (χ4n) is 4.95. The number of hydrogen-bond donors (Lipinski definition) is 2. The van der Waals surface area contributed by atoms with Crippen LogP contribution in [0.2, 0.25) is 0 Å². The molecule has 1 aliphatic heterocycles. The molecular formula is C26H31N9OS. The van der Waals surface area contributed by atoms with Crippen molar-refractivity contribution < 1.29 is 4.74 Å². The topological polar surface area (TPSA) is 111 Å². The van der Waals surface area contributed by atoms with Crippen LogP contribution >= 0.6 is 11.3 Å². The Hall–Kier alpha value is -3.70. The molecule has 0 amide bonds. The van der Waals surface area contributed by atoms with Gasteiger partial charge in [0, 0.05) is 54.4 Å². The van der Waals surface area contributed by atoms with Gasteiger partial charge in [0.1, 0.15) is 6.23 Å². The lowest BCUT2D eigenvalue weighted by molar-refractivity contribution is 0.0160. The van der Waals surface area contributed by atoms with Crippen molar-refractivity contribution >= 4 is 44.0 Å². The summed E-state index contributed by atoms with van der Waals surface area (Å²) in [6.45, 7) is 8.52. The smallest absolute Gasteiger partial charge is 0.243 e. The van der Waals surface area contributed by atoms with Crippen LogP contribution in [-0.2, 0) is 4.74 Å². The number of nitrogens with two attached hydrogens (primary N) is 1. The first-order valence-electron chi connectivity index (χ1n) is 12.7. The van der Waals surface area contributed by atoms with Crippen molar-refractivity contribution in [3.8, 4) is 11.1 Å². The van der Waals surface area contributed by atoms with Crippen LogP contribution in [0.25, 0.3) is 27.0 Å². The summed E-state index contributed by atoms with van der Waals surface area (Å²) >= 11 is 1.71. The Morgan fingerprint density at radius 2 is 2.14 bits per heavy atom. The summed E-state index contributed by atoms with van der Waals surface area (Å²) in [6, 6.07) is 10.2. The maximum atomic E-state index is 5.94. The second-order valence-corrected chi connectivity index (χ2v) is 10.5. The number of aromatic nitrogens is 6. The predicted octanol–water partition coefficient (Wildman–Crippen LogP) is 4.73. The van der Waals surface area contributed by atoms with Gasteiger partial charge in [-0.25, -0.2) is 14.2 Å². The van der Waals surface area contributed by atoms with E-state index in [2.05, 4.69) is 28.3 Å². The number of rotatable bonds is 7. The van der Waals surface area contributed by atoms with E-state index in [4.69, 9.17) is 25.5 Å². The molecule has 4 aromatic heterocycles. The van der Waals surface area contributed by atoms with Gasteiger partial charge in [-0.05, 0) is 63.9 Å². The Morgan fingerprint density at radius 1 is 1.24 bits per heavy atom. The molecule has 0 spiro atoms. The zero-order valence-corrected chi connectivity index (χ0v) is 22.1. The van der Waals surface area contributed by atoms with Crippen LogP contribution in [-0.4, -0.2) is 55.1 Å². The number of pyridine rings is 1. The van der Waals surface area contributed by atoms with Crippen LogP contribution in [0.4, 0.5) is 16.8 Å². The summed E-state index contributed by atoms with van der Waals surface area (Å²) in [4.78, 5) is 11.9. The molecule has 1 saturated heterocycles. The highest BCUT2D eigenvalue weighted by molar-refractivity contribution is 7.22. The quantitative estimate of drug-likeness (QED) is 0.298. The Morgan fingerprint density at radius 3 is 3.00 bits per heavy atom. The number of thiazole rings is 1. The first-order valence-corrected chi connectivity index (χ1v) is 13.5. The third kappa shape index (κ3) is 4.60. The van der Waals surface area contributed by atoms with Crippen molar-refractivity contribution in [3.05, 3.63) is 48.4 Å². The SMILES string of the molecule is CCOC(C)n1cc(-c2ccc3nc(NC4CCCN(c5nc6cc(N)ccc6s5)C4)nn3c2C)cn1. The molecule has 192 valence electrons. The zero-order valence-electron chi connectivity index (χ0n) is 21.3. The van der Waals surface area contributed by atoms with Crippen LogP contribution in [0, 0.1) is 6.92 Å². The normalized spacial score (nSPS) is 17.1. The molecule has 1 aromatic carbocycles. The van der Waals surface area contributed by atoms with E-state index in [1.54, 1.807) is 11.3 Å². The third-order valence-corrected chi connectivity index (χ3v) is 7.95. The van der Waals surface area contributed by atoms with Crippen molar-refractivity contribution in [2.45, 2.75) is 45.9 Å². The first-order chi connectivity index (χ1) is 18.0. The number of nitrogen functional groups attached to an aromatic ring is 1. The lowest BCUT2D eigenvalue weighted by Gasteiger charge is -2.32. The standard InChI is InChI=1S/C26H31N9OS/c1-4-36-17(3)34-14-18(13-28-34)21-8-10-24-31-25(32-35(24)16(21)2)29-20-6-5-11-33(15-20)26-30-22-12-19(27)7-9-23(22)37-26/h7-10,12-14,17,20H,4-6,11,15,27H2,1-3H3,(H,29,32). The maximum Gasteiger partial charge on any atom is 0.243 e. The summed E-state index contributed by atoms with van der Waals surface area (Å²) in [6.07, 6.45) is 5.91. The Labute approximate surface area is 219 Å². The molecule has 2 atom stereocenters. The van der Waals surface area contributed by atoms with Crippen LogP contribution in [0.3, 0.4) is 0 Å². The van der Waals surface area contributed by atoms with E-state index in [1.807, 2.05) is 59.7 Å². The van der Waals surface area contributed by atoms with Crippen LogP contribution in [0.1, 0.15) is 38.6 Å². The van der Waals surface area contributed by atoms with Crippen molar-refractivity contribution in [2.24, 2.45) is 0 Å². The zero-order chi connectivity index (χ0) is 25.5. The highest BCUT2D eigenvalue weighted by Crippen LogP contribution is 2.32. The highest BCUT2D eigenvalue weighted by atomic mass is 32.1. The van der Waals surface area contributed by atoms with Crippen molar-refractivity contribution in [1.29, 1.82) is 0 Å². The fraction of sp³-hybridized carbons (Fsp3) is 0.385. The number of hydrogen-bond acceptors (Lipinski definition) is 9. The van der Waals surface area contributed by atoms with Gasteiger partial charge >= 0.3 is 0 Å². The minimum atomic E-state index is -0.110. The van der Waals surface area contributed by atoms with Gasteiger partial charge in [0.15, 0.2) is 10.8 Å². The number of piperidine rings is 1. The molecule has 1 aliphatic rings. The summed E-state index contributed by atoms with van der Waals surface area (Å²) in [5.41, 5.74) is 11.6. The van der Waals surface area contributed by atoms with Crippen molar-refractivity contribution in [1.82, 2.24) is 29.4 Å². The summed E-state index contributed by atoms with van der Waals surface area (Å²) in [5, 5.41) is 13.9. The Balaban J connectivity index is 1.20. The molecule has 0 radical (unpaired) electrons. The Kier molecular flexibility index (Phi) is 6.17. The highest BCUT2D eigenvalue weighted by Gasteiger charge is 2.24. The average Bonchev–Trinajstić information content (AvgIpc) is 3.63. The Bertz CT molecular complexity index is 1550. The monoisotopic (exact) mass is 517 g/mol. The molecule has 10 nitrogen and oxygen atoms in total. The molecule has 0 aliphatic carbocycles. The van der Waals surface area contributed by atoms with E-state index in [9.17, 15) is 0 Å². The van der Waals surface area contributed by atoms with E-state index < -0.39 is 0 Å². The minimum Gasteiger partial charge on any atom is -0.399 e. The molecule has 6 rings (SSSR count). The van der Waals surface area contributed by atoms with Crippen LogP contribution in [0.5, 0.6) is 0 Å². The number of anilines is 3. The molecule has 3 N–H and O–H groups in total. The lowest BCUT2D eigenvalue weighted by Crippen LogP contribution is -2.42. The summed E-state index contributed by atoms with van der Waals surface area (Å²) in [5.74, 6) is 0.643. The number of nitrogens with one attached hydrogen (secondary N) is 1. The first kappa shape index (κ1) is 23.7. The third-order valence-electron chi connectivity index (χ3n) is 6.86. The lowest BCUT2D eigenvalue weighted by atomic mass is 10.1. The van der Waals surface area contributed by atoms with Crippen LogP contribution in [0.15, 0.2) is 42.7 Å². The fourth-order valence-corrected chi connectivity index (χ4v) is 5.93. The van der Waals surface area contributed by atoms with Gasteiger partial charge < -0.3 is 20.7 Å². The van der Waals surface area contributed by atoms with E-state index in [0.29, 0.717) is 12.6 Å². The number of aryl methyl sites for hydroxylation is 1. The van der Waals surface area contributed by atoms with Gasteiger partial charge in [-0.2, -0.15) is 10.1 Å². The van der Waals surface area contributed by atoms with Gasteiger partial charge in [-0.1, -0.05) is 11.3 Å². The van der Waals surface area contributed by atoms with Crippen LogP contribution < -0.4 is 16.0 Å². The largest absolute Gasteiger partial charge is 0.399 e.